The Morgan fingerprint density at radius 3 is 2.75 bits per heavy atom. The number of aryl methyl sites for hydroxylation is 1. The van der Waals surface area contributed by atoms with E-state index in [0.717, 1.165) is 38.6 Å². The van der Waals surface area contributed by atoms with Gasteiger partial charge in [0.05, 0.1) is 11.4 Å². The number of pyridine rings is 1. The lowest BCUT2D eigenvalue weighted by atomic mass is 9.96. The van der Waals surface area contributed by atoms with Crippen LogP contribution in [0.15, 0.2) is 59.7 Å². The van der Waals surface area contributed by atoms with E-state index < -0.39 is 0 Å². The molecule has 1 aromatic carbocycles. The van der Waals surface area contributed by atoms with Crippen molar-refractivity contribution >= 4 is 23.6 Å². The summed E-state index contributed by atoms with van der Waals surface area (Å²) in [6.07, 6.45) is 9.21. The van der Waals surface area contributed by atoms with Crippen LogP contribution in [0.5, 0.6) is 0 Å². The van der Waals surface area contributed by atoms with Crippen molar-refractivity contribution in [3.05, 3.63) is 70.9 Å². The van der Waals surface area contributed by atoms with Gasteiger partial charge in [0.1, 0.15) is 5.82 Å². The molecule has 1 aromatic heterocycles. The lowest BCUT2D eigenvalue weighted by Crippen LogP contribution is -2.31. The number of anilines is 2. The quantitative estimate of drug-likeness (QED) is 0.423. The molecule has 1 atom stereocenters. The molecule has 2 amide bonds. The molecule has 0 bridgehead atoms. The maximum atomic E-state index is 12.3. The van der Waals surface area contributed by atoms with Gasteiger partial charge in [0.15, 0.2) is 0 Å². The summed E-state index contributed by atoms with van der Waals surface area (Å²) in [5, 5.41) is 9.22. The highest BCUT2D eigenvalue weighted by Crippen LogP contribution is 2.23. The van der Waals surface area contributed by atoms with Crippen LogP contribution in [0.25, 0.3) is 6.08 Å². The number of benzene rings is 1. The van der Waals surface area contributed by atoms with Crippen LogP contribution in [0.1, 0.15) is 50.8 Å². The van der Waals surface area contributed by atoms with Gasteiger partial charge in [0.2, 0.25) is 0 Å². The maximum Gasteiger partial charge on any atom is 0.320 e. The summed E-state index contributed by atoms with van der Waals surface area (Å²) in [4.78, 5) is 16.8. The molecule has 0 spiro atoms. The van der Waals surface area contributed by atoms with E-state index in [0.29, 0.717) is 29.8 Å². The predicted molar refractivity (Wildman–Crippen MR) is 133 cm³/mol. The van der Waals surface area contributed by atoms with Crippen LogP contribution in [0.4, 0.5) is 16.3 Å². The van der Waals surface area contributed by atoms with Gasteiger partial charge in [-0.25, -0.2) is 9.78 Å². The largest absolute Gasteiger partial charge is 0.397 e. The summed E-state index contributed by atoms with van der Waals surface area (Å²) in [6.45, 7) is 5.80. The Morgan fingerprint density at radius 2 is 2.03 bits per heavy atom. The standard InChI is InChI=1S/C26H35N5O/c1-3-21(22-13-12-19(2)29-18-22)17-24-23(27)14-15-25(30-24)31-26(32)28-16-8-7-11-20-9-5-4-6-10-20/h4-6,9-10,13-15,17,19,29H,3,7-8,11-12,16,18,27H2,1-2H3,(H2,28,30,31,32)/b21-17+. The van der Waals surface area contributed by atoms with E-state index in [1.54, 1.807) is 12.1 Å². The smallest absolute Gasteiger partial charge is 0.320 e. The van der Waals surface area contributed by atoms with Crippen molar-refractivity contribution in [1.82, 2.24) is 15.6 Å². The van der Waals surface area contributed by atoms with Crippen LogP contribution < -0.4 is 21.7 Å². The average Bonchev–Trinajstić information content (AvgIpc) is 2.80. The van der Waals surface area contributed by atoms with Crippen molar-refractivity contribution in [1.29, 1.82) is 0 Å². The molecule has 0 fully saturated rings. The number of carbonyl (C=O) groups is 1. The molecular weight excluding hydrogens is 398 g/mol. The molecule has 0 aliphatic carbocycles. The number of unbranched alkanes of at least 4 members (excludes halogenated alkanes) is 1. The molecule has 5 N–H and O–H groups in total. The number of amides is 2. The van der Waals surface area contributed by atoms with E-state index in [1.165, 1.54) is 16.7 Å². The van der Waals surface area contributed by atoms with Crippen LogP contribution in [0.3, 0.4) is 0 Å². The Morgan fingerprint density at radius 1 is 1.22 bits per heavy atom. The Kier molecular flexibility index (Phi) is 8.87. The van der Waals surface area contributed by atoms with Gasteiger partial charge in [0.25, 0.3) is 0 Å². The van der Waals surface area contributed by atoms with Gasteiger partial charge in [-0.3, -0.25) is 5.32 Å². The van der Waals surface area contributed by atoms with E-state index in [2.05, 4.69) is 65.1 Å². The van der Waals surface area contributed by atoms with Gasteiger partial charge in [-0.15, -0.1) is 0 Å². The molecule has 170 valence electrons. The van der Waals surface area contributed by atoms with Crippen LogP contribution in [-0.2, 0) is 6.42 Å². The van der Waals surface area contributed by atoms with Gasteiger partial charge < -0.3 is 16.4 Å². The molecule has 1 aliphatic heterocycles. The van der Waals surface area contributed by atoms with Crippen LogP contribution >= 0.6 is 0 Å². The van der Waals surface area contributed by atoms with Gasteiger partial charge in [-0.2, -0.15) is 0 Å². The lowest BCUT2D eigenvalue weighted by molar-refractivity contribution is 0.252. The normalized spacial score (nSPS) is 16.4. The maximum absolute atomic E-state index is 12.3. The minimum Gasteiger partial charge on any atom is -0.397 e. The Balaban J connectivity index is 1.52. The van der Waals surface area contributed by atoms with E-state index >= 15 is 0 Å². The second-order valence-corrected chi connectivity index (χ2v) is 8.26. The molecule has 0 saturated carbocycles. The van der Waals surface area contributed by atoms with Crippen molar-refractivity contribution in [2.24, 2.45) is 0 Å². The first-order valence-corrected chi connectivity index (χ1v) is 11.5. The molecule has 1 unspecified atom stereocenters. The van der Waals surface area contributed by atoms with Crippen molar-refractivity contribution in [3.63, 3.8) is 0 Å². The minimum atomic E-state index is -0.249. The fraction of sp³-hybridized carbons (Fsp3) is 0.385. The van der Waals surface area contributed by atoms with Crippen LogP contribution in [0, 0.1) is 0 Å². The first kappa shape index (κ1) is 23.5. The summed E-state index contributed by atoms with van der Waals surface area (Å²) in [5.74, 6) is 0.493. The number of urea groups is 1. The summed E-state index contributed by atoms with van der Waals surface area (Å²) < 4.78 is 0. The number of aromatic nitrogens is 1. The zero-order chi connectivity index (χ0) is 22.8. The fourth-order valence-electron chi connectivity index (χ4n) is 3.72. The zero-order valence-electron chi connectivity index (χ0n) is 19.2. The Labute approximate surface area is 191 Å². The first-order chi connectivity index (χ1) is 15.5. The topological polar surface area (TPSA) is 92.1 Å². The number of nitrogens with zero attached hydrogens (tertiary/aromatic N) is 1. The van der Waals surface area contributed by atoms with Gasteiger partial charge in [-0.1, -0.05) is 43.3 Å². The number of nitrogens with two attached hydrogens (primary N) is 1. The third-order valence-electron chi connectivity index (χ3n) is 5.68. The molecule has 3 rings (SSSR count). The van der Waals surface area contributed by atoms with E-state index in [-0.39, 0.29) is 6.03 Å². The van der Waals surface area contributed by atoms with Gasteiger partial charge in [-0.05, 0) is 73.9 Å². The average molecular weight is 434 g/mol. The molecule has 1 aliphatic rings. The first-order valence-electron chi connectivity index (χ1n) is 11.5. The number of hydrogen-bond donors (Lipinski definition) is 4. The lowest BCUT2D eigenvalue weighted by Gasteiger charge is -2.22. The molecule has 6 nitrogen and oxygen atoms in total. The van der Waals surface area contributed by atoms with Gasteiger partial charge in [0, 0.05) is 19.1 Å². The fourth-order valence-corrected chi connectivity index (χ4v) is 3.72. The molecule has 2 heterocycles. The summed E-state index contributed by atoms with van der Waals surface area (Å²) in [5.41, 5.74) is 11.3. The summed E-state index contributed by atoms with van der Waals surface area (Å²) in [7, 11) is 0. The second-order valence-electron chi connectivity index (χ2n) is 8.26. The zero-order valence-corrected chi connectivity index (χ0v) is 19.2. The van der Waals surface area contributed by atoms with Crippen molar-refractivity contribution in [3.8, 4) is 0 Å². The molecule has 0 radical (unpaired) electrons. The van der Waals surface area contributed by atoms with E-state index in [1.807, 2.05) is 12.1 Å². The van der Waals surface area contributed by atoms with Crippen molar-refractivity contribution < 1.29 is 4.79 Å². The highest BCUT2D eigenvalue weighted by molar-refractivity contribution is 5.88. The van der Waals surface area contributed by atoms with Crippen molar-refractivity contribution in [2.45, 2.75) is 52.0 Å². The van der Waals surface area contributed by atoms with Crippen LogP contribution in [-0.4, -0.2) is 30.1 Å². The van der Waals surface area contributed by atoms with Crippen molar-refractivity contribution in [2.75, 3.05) is 24.1 Å². The van der Waals surface area contributed by atoms with E-state index in [4.69, 9.17) is 5.73 Å². The highest BCUT2D eigenvalue weighted by Gasteiger charge is 2.13. The molecule has 6 heteroatoms. The molecule has 2 aromatic rings. The monoisotopic (exact) mass is 433 g/mol. The Hall–Kier alpha value is -3.12. The number of nitrogens with one attached hydrogen (secondary N) is 3. The molecular formula is C26H35N5O. The predicted octanol–water partition coefficient (Wildman–Crippen LogP) is 4.91. The summed E-state index contributed by atoms with van der Waals surface area (Å²) >= 11 is 0. The number of carbonyl (C=O) groups excluding carboxylic acids is 1. The molecule has 32 heavy (non-hydrogen) atoms. The minimum absolute atomic E-state index is 0.249. The van der Waals surface area contributed by atoms with E-state index in [9.17, 15) is 4.79 Å². The third kappa shape index (κ3) is 7.24. The Bertz CT molecular complexity index is 952. The summed E-state index contributed by atoms with van der Waals surface area (Å²) in [6, 6.07) is 14.2. The third-order valence-corrected chi connectivity index (χ3v) is 5.68. The van der Waals surface area contributed by atoms with Gasteiger partial charge >= 0.3 is 6.03 Å². The number of hydrogen-bond acceptors (Lipinski definition) is 4. The number of rotatable bonds is 9. The second kappa shape index (κ2) is 12.1. The number of nitrogen functional groups attached to an aromatic ring is 1. The SMILES string of the molecule is CC/C(=C\c1nc(NC(=O)NCCCCc2ccccc2)ccc1N)C1=CCC(C)NC1. The molecule has 0 saturated heterocycles. The highest BCUT2D eigenvalue weighted by atomic mass is 16.2. The van der Waals surface area contributed by atoms with Crippen LogP contribution in [0.2, 0.25) is 0 Å².